The van der Waals surface area contributed by atoms with Crippen molar-refractivity contribution >= 4 is 11.9 Å². The van der Waals surface area contributed by atoms with E-state index in [-0.39, 0.29) is 0 Å². The van der Waals surface area contributed by atoms with Gasteiger partial charge in [-0.15, -0.1) is 0 Å². The van der Waals surface area contributed by atoms with Gasteiger partial charge in [-0.2, -0.15) is 0 Å². The molecular weight excluding hydrogens is 380 g/mol. The van der Waals surface area contributed by atoms with Crippen LogP contribution in [0.2, 0.25) is 0 Å². The third-order valence-corrected chi connectivity index (χ3v) is 6.61. The van der Waals surface area contributed by atoms with Crippen molar-refractivity contribution in [1.29, 1.82) is 0 Å². The summed E-state index contributed by atoms with van der Waals surface area (Å²) in [6, 6.07) is 0.327. The summed E-state index contributed by atoms with van der Waals surface area (Å²) < 4.78 is 11.9. The Balaban J connectivity index is 1.42. The van der Waals surface area contributed by atoms with E-state index in [1.165, 1.54) is 12.8 Å². The third-order valence-electron chi connectivity index (χ3n) is 6.61. The van der Waals surface area contributed by atoms with Gasteiger partial charge in [0.2, 0.25) is 5.91 Å². The van der Waals surface area contributed by atoms with Gasteiger partial charge < -0.3 is 24.6 Å². The summed E-state index contributed by atoms with van der Waals surface area (Å²) in [5.74, 6) is 1.33. The lowest BCUT2D eigenvalue weighted by Crippen LogP contribution is -2.47. The van der Waals surface area contributed by atoms with Crippen molar-refractivity contribution in [2.45, 2.75) is 89.9 Å². The number of carbonyl (C=O) groups excluding carboxylic acids is 1. The summed E-state index contributed by atoms with van der Waals surface area (Å²) in [6.07, 6.45) is 9.96. The molecule has 3 rings (SSSR count). The van der Waals surface area contributed by atoms with Gasteiger partial charge in [0.05, 0.1) is 18.8 Å². The van der Waals surface area contributed by atoms with E-state index < -0.39 is 0 Å². The molecule has 2 unspecified atom stereocenters. The average molecular weight is 423 g/mol. The lowest BCUT2D eigenvalue weighted by Gasteiger charge is -2.35. The van der Waals surface area contributed by atoms with Crippen molar-refractivity contribution in [2.75, 3.05) is 45.9 Å². The smallest absolute Gasteiger partial charge is 0.222 e. The summed E-state index contributed by atoms with van der Waals surface area (Å²) in [7, 11) is 0. The molecule has 3 aliphatic heterocycles. The van der Waals surface area contributed by atoms with Crippen LogP contribution in [-0.4, -0.2) is 85.9 Å². The second-order valence-electron chi connectivity index (χ2n) is 8.79. The molecule has 0 bridgehead atoms. The van der Waals surface area contributed by atoms with E-state index in [4.69, 9.17) is 14.5 Å². The number of hydrogen-bond donors (Lipinski definition) is 1. The maximum atomic E-state index is 12.1. The minimum Gasteiger partial charge on any atom is -0.376 e. The molecule has 0 saturated carbocycles. The van der Waals surface area contributed by atoms with Crippen LogP contribution >= 0.6 is 0 Å². The molecule has 3 aliphatic rings. The molecule has 7 heteroatoms. The fourth-order valence-corrected chi connectivity index (χ4v) is 4.80. The van der Waals surface area contributed by atoms with E-state index in [1.54, 1.807) is 0 Å². The van der Waals surface area contributed by atoms with Gasteiger partial charge in [0.15, 0.2) is 5.96 Å². The van der Waals surface area contributed by atoms with E-state index >= 15 is 0 Å². The Labute approximate surface area is 182 Å². The Morgan fingerprint density at radius 2 is 2.03 bits per heavy atom. The summed E-state index contributed by atoms with van der Waals surface area (Å²) in [6.45, 7) is 10.4. The molecule has 0 aromatic heterocycles. The minimum atomic E-state index is 0.296. The molecule has 1 N–H and O–H groups in total. The third kappa shape index (κ3) is 6.84. The van der Waals surface area contributed by atoms with Crippen LogP contribution in [0.25, 0.3) is 0 Å². The fourth-order valence-electron chi connectivity index (χ4n) is 4.80. The number of nitrogens with zero attached hydrogens (tertiary/aromatic N) is 3. The fraction of sp³-hybridized carbons (Fsp3) is 0.913. The van der Waals surface area contributed by atoms with Crippen LogP contribution < -0.4 is 5.32 Å². The standard InChI is InChI=1S/C23H42N4O3/c1-3-19(27-14-7-9-22(27)28)10-13-25-23(24-4-2)26-15-11-20(12-16-26)30-18-21-8-5-6-17-29-21/h19-21H,3-18H2,1-2H3,(H,24,25). The van der Waals surface area contributed by atoms with Crippen LogP contribution in [0, 0.1) is 0 Å². The van der Waals surface area contributed by atoms with Crippen LogP contribution in [-0.2, 0) is 14.3 Å². The van der Waals surface area contributed by atoms with Gasteiger partial charge in [0.1, 0.15) is 0 Å². The van der Waals surface area contributed by atoms with Gasteiger partial charge >= 0.3 is 0 Å². The topological polar surface area (TPSA) is 66.4 Å². The summed E-state index contributed by atoms with van der Waals surface area (Å²) >= 11 is 0. The Hall–Kier alpha value is -1.34. The quantitative estimate of drug-likeness (QED) is 0.457. The predicted molar refractivity (Wildman–Crippen MR) is 120 cm³/mol. The Bertz CT molecular complexity index is 543. The molecule has 0 spiro atoms. The van der Waals surface area contributed by atoms with Crippen molar-refractivity contribution in [3.8, 4) is 0 Å². The first kappa shape index (κ1) is 23.3. The SMILES string of the molecule is CCNC(=NCCC(CC)N1CCCC1=O)N1CCC(OCC2CCCCO2)CC1. The molecule has 0 aliphatic carbocycles. The number of aliphatic imine (C=N–C) groups is 1. The normalized spacial score (nSPS) is 25.1. The number of ether oxygens (including phenoxy) is 2. The number of carbonyl (C=O) groups is 1. The number of nitrogens with one attached hydrogen (secondary N) is 1. The summed E-state index contributed by atoms with van der Waals surface area (Å²) in [5, 5.41) is 3.46. The van der Waals surface area contributed by atoms with Crippen LogP contribution in [0.1, 0.15) is 71.6 Å². The van der Waals surface area contributed by atoms with Crippen molar-refractivity contribution in [3.05, 3.63) is 0 Å². The second kappa shape index (κ2) is 12.5. The van der Waals surface area contributed by atoms with E-state index in [1.807, 2.05) is 0 Å². The van der Waals surface area contributed by atoms with Gasteiger partial charge in [-0.25, -0.2) is 0 Å². The number of guanidine groups is 1. The van der Waals surface area contributed by atoms with Crippen LogP contribution in [0.5, 0.6) is 0 Å². The molecule has 2 atom stereocenters. The van der Waals surface area contributed by atoms with E-state index in [0.29, 0.717) is 30.6 Å². The molecule has 172 valence electrons. The molecule has 0 radical (unpaired) electrons. The van der Waals surface area contributed by atoms with Crippen LogP contribution in [0.4, 0.5) is 0 Å². The van der Waals surface area contributed by atoms with Gasteiger partial charge in [0, 0.05) is 51.8 Å². The Kier molecular flexibility index (Phi) is 9.72. The number of rotatable bonds is 9. The Morgan fingerprint density at radius 3 is 2.67 bits per heavy atom. The molecule has 3 heterocycles. The monoisotopic (exact) mass is 422 g/mol. The molecule has 1 amide bonds. The molecule has 3 fully saturated rings. The number of piperidine rings is 1. The zero-order chi connectivity index (χ0) is 21.2. The van der Waals surface area contributed by atoms with Crippen LogP contribution in [0.15, 0.2) is 4.99 Å². The van der Waals surface area contributed by atoms with Crippen molar-refractivity contribution in [1.82, 2.24) is 15.1 Å². The molecule has 0 aromatic carbocycles. The van der Waals surface area contributed by atoms with Crippen molar-refractivity contribution in [2.24, 2.45) is 4.99 Å². The highest BCUT2D eigenvalue weighted by Crippen LogP contribution is 2.19. The van der Waals surface area contributed by atoms with Gasteiger partial charge in [0.25, 0.3) is 0 Å². The molecule has 7 nitrogen and oxygen atoms in total. The van der Waals surface area contributed by atoms with Crippen molar-refractivity contribution < 1.29 is 14.3 Å². The summed E-state index contributed by atoms with van der Waals surface area (Å²) in [4.78, 5) is 21.4. The molecular formula is C23H42N4O3. The highest BCUT2D eigenvalue weighted by atomic mass is 16.5. The van der Waals surface area contributed by atoms with E-state index in [0.717, 1.165) is 90.4 Å². The highest BCUT2D eigenvalue weighted by Gasteiger charge is 2.27. The highest BCUT2D eigenvalue weighted by molar-refractivity contribution is 5.80. The zero-order valence-electron chi connectivity index (χ0n) is 19.1. The Morgan fingerprint density at radius 1 is 1.20 bits per heavy atom. The molecule has 3 saturated heterocycles. The largest absolute Gasteiger partial charge is 0.376 e. The minimum absolute atomic E-state index is 0.296. The predicted octanol–water partition coefficient (Wildman–Crippen LogP) is 2.79. The van der Waals surface area contributed by atoms with Gasteiger partial charge in [-0.3, -0.25) is 9.79 Å². The van der Waals surface area contributed by atoms with Crippen LogP contribution in [0.3, 0.4) is 0 Å². The zero-order valence-corrected chi connectivity index (χ0v) is 19.1. The van der Waals surface area contributed by atoms with Gasteiger partial charge in [-0.05, 0) is 58.3 Å². The number of likely N-dealkylation sites (tertiary alicyclic amines) is 2. The maximum absolute atomic E-state index is 12.1. The summed E-state index contributed by atoms with van der Waals surface area (Å²) in [5.41, 5.74) is 0. The molecule has 30 heavy (non-hydrogen) atoms. The lowest BCUT2D eigenvalue weighted by atomic mass is 10.1. The second-order valence-corrected chi connectivity index (χ2v) is 8.79. The number of amides is 1. The lowest BCUT2D eigenvalue weighted by molar-refractivity contribution is -0.129. The first-order valence-corrected chi connectivity index (χ1v) is 12.3. The maximum Gasteiger partial charge on any atom is 0.222 e. The van der Waals surface area contributed by atoms with E-state index in [2.05, 4.69) is 29.0 Å². The molecule has 0 aromatic rings. The van der Waals surface area contributed by atoms with Crippen molar-refractivity contribution in [3.63, 3.8) is 0 Å². The first-order chi connectivity index (χ1) is 14.7. The van der Waals surface area contributed by atoms with E-state index in [9.17, 15) is 4.79 Å². The number of hydrogen-bond acceptors (Lipinski definition) is 4. The average Bonchev–Trinajstić information content (AvgIpc) is 3.21. The first-order valence-electron chi connectivity index (χ1n) is 12.3. The van der Waals surface area contributed by atoms with Gasteiger partial charge in [-0.1, -0.05) is 6.92 Å².